The van der Waals surface area contributed by atoms with Crippen molar-refractivity contribution < 1.29 is 23.5 Å². The summed E-state index contributed by atoms with van der Waals surface area (Å²) in [5.74, 6) is -0.702. The van der Waals surface area contributed by atoms with Gasteiger partial charge in [0.2, 0.25) is 5.89 Å². The van der Waals surface area contributed by atoms with Gasteiger partial charge < -0.3 is 13.9 Å². The molecule has 9 nitrogen and oxygen atoms in total. The van der Waals surface area contributed by atoms with E-state index in [2.05, 4.69) is 15.5 Å². The number of anilines is 1. The summed E-state index contributed by atoms with van der Waals surface area (Å²) in [6, 6.07) is 17.2. The number of carbonyl (C=O) groups excluding carboxylic acids is 2. The van der Waals surface area contributed by atoms with Crippen LogP contribution in [0.4, 0.5) is 6.01 Å². The van der Waals surface area contributed by atoms with Gasteiger partial charge in [0.1, 0.15) is 5.75 Å². The molecule has 3 rings (SSSR count). The number of ether oxygens (including phenoxy) is 2. The van der Waals surface area contributed by atoms with Crippen LogP contribution < -0.4 is 10.1 Å². The van der Waals surface area contributed by atoms with Crippen LogP contribution in [0.2, 0.25) is 0 Å². The van der Waals surface area contributed by atoms with Gasteiger partial charge in [0.15, 0.2) is 12.7 Å². The summed E-state index contributed by atoms with van der Waals surface area (Å²) in [5, 5.41) is 18.7. The second kappa shape index (κ2) is 9.14. The third kappa shape index (κ3) is 5.40. The number of esters is 1. The Labute approximate surface area is 165 Å². The van der Waals surface area contributed by atoms with Gasteiger partial charge in [-0.15, -0.1) is 5.10 Å². The highest BCUT2D eigenvalue weighted by Crippen LogP contribution is 2.19. The minimum Gasteiger partial charge on any atom is -0.479 e. The van der Waals surface area contributed by atoms with Gasteiger partial charge in [0.25, 0.3) is 5.91 Å². The molecule has 1 atom stereocenters. The van der Waals surface area contributed by atoms with Gasteiger partial charge in [0, 0.05) is 5.56 Å². The van der Waals surface area contributed by atoms with E-state index in [1.807, 2.05) is 24.3 Å². The third-order valence-electron chi connectivity index (χ3n) is 3.67. The van der Waals surface area contributed by atoms with Crippen LogP contribution in [0.1, 0.15) is 12.5 Å². The maximum atomic E-state index is 12.0. The van der Waals surface area contributed by atoms with Crippen LogP contribution >= 0.6 is 0 Å². The van der Waals surface area contributed by atoms with Crippen molar-refractivity contribution in [2.75, 3.05) is 11.9 Å². The van der Waals surface area contributed by atoms with Crippen molar-refractivity contribution in [1.82, 2.24) is 10.2 Å². The lowest BCUT2D eigenvalue weighted by molar-refractivity contribution is -0.153. The van der Waals surface area contributed by atoms with Crippen molar-refractivity contribution in [3.8, 4) is 23.3 Å². The quantitative estimate of drug-likeness (QED) is 0.608. The normalized spacial score (nSPS) is 11.2. The van der Waals surface area contributed by atoms with E-state index in [0.717, 1.165) is 0 Å². The molecule has 0 radical (unpaired) electrons. The van der Waals surface area contributed by atoms with E-state index in [4.69, 9.17) is 19.2 Å². The van der Waals surface area contributed by atoms with Crippen molar-refractivity contribution >= 4 is 17.9 Å². The lowest BCUT2D eigenvalue weighted by Crippen LogP contribution is -2.29. The summed E-state index contributed by atoms with van der Waals surface area (Å²) in [5.41, 5.74) is 1.18. The Morgan fingerprint density at radius 3 is 2.55 bits per heavy atom. The number of carbonyl (C=O) groups is 2. The molecule has 0 fully saturated rings. The largest absolute Gasteiger partial charge is 0.479 e. The van der Waals surface area contributed by atoms with E-state index >= 15 is 0 Å². The number of rotatable bonds is 7. The Hall–Kier alpha value is -4.19. The van der Waals surface area contributed by atoms with E-state index in [0.29, 0.717) is 16.9 Å². The molecule has 29 heavy (non-hydrogen) atoms. The van der Waals surface area contributed by atoms with Crippen molar-refractivity contribution in [2.24, 2.45) is 0 Å². The number of nitrogens with one attached hydrogen (secondary N) is 1. The maximum Gasteiger partial charge on any atom is 0.347 e. The topological polar surface area (TPSA) is 127 Å². The number of aromatic nitrogens is 2. The average Bonchev–Trinajstić information content (AvgIpc) is 3.21. The molecular formula is C20H16N4O5. The van der Waals surface area contributed by atoms with E-state index in [1.54, 1.807) is 36.4 Å². The SMILES string of the molecule is C[C@H](Oc1ccc(C#N)cc1)C(=O)OCC(=O)Nc1nnc(-c2ccccc2)o1. The van der Waals surface area contributed by atoms with Gasteiger partial charge in [-0.3, -0.25) is 10.1 Å². The molecule has 0 spiro atoms. The molecule has 1 N–H and O–H groups in total. The Morgan fingerprint density at radius 1 is 1.14 bits per heavy atom. The van der Waals surface area contributed by atoms with Gasteiger partial charge in [-0.1, -0.05) is 23.3 Å². The highest BCUT2D eigenvalue weighted by Gasteiger charge is 2.19. The molecule has 0 bridgehead atoms. The van der Waals surface area contributed by atoms with Crippen molar-refractivity contribution in [3.05, 3.63) is 60.2 Å². The lowest BCUT2D eigenvalue weighted by atomic mass is 10.2. The fourth-order valence-corrected chi connectivity index (χ4v) is 2.24. The first-order chi connectivity index (χ1) is 14.0. The van der Waals surface area contributed by atoms with Gasteiger partial charge >= 0.3 is 12.0 Å². The average molecular weight is 392 g/mol. The third-order valence-corrected chi connectivity index (χ3v) is 3.67. The first-order valence-corrected chi connectivity index (χ1v) is 8.57. The first kappa shape index (κ1) is 19.6. The zero-order chi connectivity index (χ0) is 20.6. The van der Waals surface area contributed by atoms with Crippen LogP contribution in [0.5, 0.6) is 5.75 Å². The van der Waals surface area contributed by atoms with Crippen LogP contribution in [0.3, 0.4) is 0 Å². The lowest BCUT2D eigenvalue weighted by Gasteiger charge is -2.13. The fraction of sp³-hybridized carbons (Fsp3) is 0.150. The van der Waals surface area contributed by atoms with E-state index in [-0.39, 0.29) is 11.9 Å². The predicted octanol–water partition coefficient (Wildman–Crippen LogP) is 2.56. The molecule has 146 valence electrons. The van der Waals surface area contributed by atoms with Gasteiger partial charge in [-0.05, 0) is 43.3 Å². The van der Waals surface area contributed by atoms with Gasteiger partial charge in [-0.2, -0.15) is 5.26 Å². The highest BCUT2D eigenvalue weighted by atomic mass is 16.6. The molecule has 3 aromatic rings. The second-order valence-corrected chi connectivity index (χ2v) is 5.83. The Balaban J connectivity index is 1.46. The minimum absolute atomic E-state index is 0.105. The monoisotopic (exact) mass is 392 g/mol. The zero-order valence-electron chi connectivity index (χ0n) is 15.4. The first-order valence-electron chi connectivity index (χ1n) is 8.57. The van der Waals surface area contributed by atoms with Gasteiger partial charge in [-0.25, -0.2) is 4.79 Å². The zero-order valence-corrected chi connectivity index (χ0v) is 15.4. The van der Waals surface area contributed by atoms with Crippen molar-refractivity contribution in [2.45, 2.75) is 13.0 Å². The Morgan fingerprint density at radius 2 is 1.86 bits per heavy atom. The molecule has 1 amide bonds. The number of benzene rings is 2. The number of amides is 1. The Bertz CT molecular complexity index is 1030. The molecule has 0 unspecified atom stereocenters. The summed E-state index contributed by atoms with van der Waals surface area (Å²) in [6.45, 7) is 0.950. The summed E-state index contributed by atoms with van der Waals surface area (Å²) in [7, 11) is 0. The number of nitrogens with zero attached hydrogens (tertiary/aromatic N) is 3. The molecule has 0 aliphatic carbocycles. The van der Waals surface area contributed by atoms with E-state index < -0.39 is 24.6 Å². The van der Waals surface area contributed by atoms with Crippen LogP contribution in [-0.4, -0.2) is 34.8 Å². The smallest absolute Gasteiger partial charge is 0.347 e. The van der Waals surface area contributed by atoms with Crippen LogP contribution in [0.15, 0.2) is 59.0 Å². The molecule has 0 saturated heterocycles. The molecule has 0 saturated carbocycles. The Kier molecular flexibility index (Phi) is 6.17. The number of nitriles is 1. The van der Waals surface area contributed by atoms with Crippen molar-refractivity contribution in [3.63, 3.8) is 0 Å². The molecule has 0 aliphatic rings. The molecule has 1 heterocycles. The minimum atomic E-state index is -0.941. The number of hydrogen-bond acceptors (Lipinski definition) is 8. The summed E-state index contributed by atoms with van der Waals surface area (Å²) >= 11 is 0. The van der Waals surface area contributed by atoms with E-state index in [9.17, 15) is 9.59 Å². The van der Waals surface area contributed by atoms with Crippen molar-refractivity contribution in [1.29, 1.82) is 5.26 Å². The maximum absolute atomic E-state index is 12.0. The number of hydrogen-bond donors (Lipinski definition) is 1. The molecular weight excluding hydrogens is 376 g/mol. The summed E-state index contributed by atoms with van der Waals surface area (Å²) < 4.78 is 15.7. The fourth-order valence-electron chi connectivity index (χ4n) is 2.24. The summed E-state index contributed by atoms with van der Waals surface area (Å²) in [4.78, 5) is 23.9. The molecule has 9 heteroatoms. The predicted molar refractivity (Wildman–Crippen MR) is 101 cm³/mol. The highest BCUT2D eigenvalue weighted by molar-refractivity contribution is 5.91. The molecule has 1 aromatic heterocycles. The van der Waals surface area contributed by atoms with Crippen LogP contribution in [0, 0.1) is 11.3 Å². The van der Waals surface area contributed by atoms with Crippen LogP contribution in [-0.2, 0) is 14.3 Å². The van der Waals surface area contributed by atoms with Gasteiger partial charge in [0.05, 0.1) is 11.6 Å². The standard InChI is InChI=1S/C20H16N4O5/c1-13(28-16-9-7-14(11-21)8-10-16)19(26)27-12-17(25)22-20-24-23-18(29-20)15-5-3-2-4-6-15/h2-10,13H,12H2,1H3,(H,22,24,25)/t13-/m0/s1. The molecule has 0 aliphatic heterocycles. The van der Waals surface area contributed by atoms with E-state index in [1.165, 1.54) is 6.92 Å². The second-order valence-electron chi connectivity index (χ2n) is 5.83. The molecule has 2 aromatic carbocycles. The summed E-state index contributed by atoms with van der Waals surface area (Å²) in [6.07, 6.45) is -0.941. The van der Waals surface area contributed by atoms with Crippen LogP contribution in [0.25, 0.3) is 11.5 Å².